The van der Waals surface area contributed by atoms with E-state index in [-0.39, 0.29) is 29.6 Å². The molecule has 0 spiro atoms. The van der Waals surface area contributed by atoms with Crippen molar-refractivity contribution in [2.75, 3.05) is 7.11 Å². The topological polar surface area (TPSA) is 63.6 Å². The van der Waals surface area contributed by atoms with Crippen molar-refractivity contribution < 1.29 is 19.4 Å². The van der Waals surface area contributed by atoms with Crippen LogP contribution in [0, 0.1) is 0 Å². The first-order valence-corrected chi connectivity index (χ1v) is 1.95. The summed E-state index contributed by atoms with van der Waals surface area (Å²) in [6.45, 7) is 0. The third-order valence-electron chi connectivity index (χ3n) is 0.523. The van der Waals surface area contributed by atoms with E-state index in [1.54, 1.807) is 0 Å². The van der Waals surface area contributed by atoms with Crippen LogP contribution in [-0.4, -0.2) is 53.7 Å². The van der Waals surface area contributed by atoms with E-state index in [1.807, 2.05) is 0 Å². The predicted molar refractivity (Wildman–Crippen MR) is 31.4 cm³/mol. The summed E-state index contributed by atoms with van der Waals surface area (Å²) >= 11 is 0. The molecule has 1 N–H and O–H groups in total. The van der Waals surface area contributed by atoms with Gasteiger partial charge in [0.1, 0.15) is 6.42 Å². The number of carbonyl (C=O) groups is 2. The molecule has 0 aromatic carbocycles. The van der Waals surface area contributed by atoms with E-state index in [2.05, 4.69) is 4.74 Å². The summed E-state index contributed by atoms with van der Waals surface area (Å²) in [6, 6.07) is 0. The van der Waals surface area contributed by atoms with Crippen LogP contribution < -0.4 is 0 Å². The summed E-state index contributed by atoms with van der Waals surface area (Å²) in [5, 5.41) is 7.91. The van der Waals surface area contributed by atoms with Crippen LogP contribution >= 0.6 is 0 Å². The van der Waals surface area contributed by atoms with Crippen LogP contribution in [0.4, 0.5) is 0 Å². The number of methoxy groups -OCH3 is 1. The number of aliphatic carboxylic acids is 1. The van der Waals surface area contributed by atoms with Gasteiger partial charge in [-0.2, -0.15) is 0 Å². The van der Waals surface area contributed by atoms with Gasteiger partial charge in [-0.25, -0.2) is 0 Å². The monoisotopic (exact) mass is 142 g/mol. The Hall–Kier alpha value is -0.0600. The SMILES string of the molecule is COC(=O)CC(=O)O.[NaH]. The minimum absolute atomic E-state index is 0. The van der Waals surface area contributed by atoms with Gasteiger partial charge in [0.25, 0.3) is 0 Å². The minimum atomic E-state index is -1.17. The molecule has 0 aliphatic heterocycles. The Morgan fingerprint density at radius 3 is 2.11 bits per heavy atom. The first-order chi connectivity index (χ1) is 3.66. The molecule has 0 saturated heterocycles. The van der Waals surface area contributed by atoms with E-state index in [9.17, 15) is 9.59 Å². The Balaban J connectivity index is 0. The number of esters is 1. The van der Waals surface area contributed by atoms with Gasteiger partial charge in [0.05, 0.1) is 7.11 Å². The third kappa shape index (κ3) is 7.94. The molecule has 0 unspecified atom stereocenters. The molecule has 0 aliphatic carbocycles. The Kier molecular flexibility index (Phi) is 7.89. The van der Waals surface area contributed by atoms with Crippen molar-refractivity contribution in [1.82, 2.24) is 0 Å². The van der Waals surface area contributed by atoms with E-state index in [4.69, 9.17) is 5.11 Å². The molecule has 9 heavy (non-hydrogen) atoms. The van der Waals surface area contributed by atoms with Crippen molar-refractivity contribution in [1.29, 1.82) is 0 Å². The molecular weight excluding hydrogens is 135 g/mol. The van der Waals surface area contributed by atoms with Crippen molar-refractivity contribution in [3.8, 4) is 0 Å². The Labute approximate surface area is 74.5 Å². The molecule has 0 radical (unpaired) electrons. The number of hydrogen-bond acceptors (Lipinski definition) is 3. The fraction of sp³-hybridized carbons (Fsp3) is 0.500. The second-order valence-electron chi connectivity index (χ2n) is 1.15. The zero-order valence-corrected chi connectivity index (χ0v) is 4.38. The van der Waals surface area contributed by atoms with Gasteiger partial charge >= 0.3 is 41.5 Å². The third-order valence-corrected chi connectivity index (χ3v) is 0.523. The number of carbonyl (C=O) groups excluding carboxylic acids is 1. The van der Waals surface area contributed by atoms with Gasteiger partial charge in [0.15, 0.2) is 0 Å². The molecule has 4 nitrogen and oxygen atoms in total. The van der Waals surface area contributed by atoms with Gasteiger partial charge in [0.2, 0.25) is 0 Å². The fourth-order valence-electron chi connectivity index (χ4n) is 0.196. The number of carboxylic acid groups (broad SMARTS) is 1. The summed E-state index contributed by atoms with van der Waals surface area (Å²) in [5.74, 6) is -1.89. The average Bonchev–Trinajstić information content (AvgIpc) is 1.65. The second-order valence-corrected chi connectivity index (χ2v) is 1.15. The van der Waals surface area contributed by atoms with Crippen LogP contribution in [0.2, 0.25) is 0 Å². The predicted octanol–water partition coefficient (Wildman–Crippen LogP) is -1.01. The number of ether oxygens (including phenoxy) is 1. The molecule has 0 atom stereocenters. The molecule has 0 saturated carbocycles. The number of carboxylic acids is 1. The van der Waals surface area contributed by atoms with Crippen LogP contribution in [0.25, 0.3) is 0 Å². The maximum atomic E-state index is 10.0. The molecule has 0 bridgehead atoms. The van der Waals surface area contributed by atoms with Crippen molar-refractivity contribution in [2.24, 2.45) is 0 Å². The summed E-state index contributed by atoms with van der Waals surface area (Å²) < 4.78 is 4.04. The van der Waals surface area contributed by atoms with Crippen molar-refractivity contribution in [2.45, 2.75) is 6.42 Å². The molecule has 0 fully saturated rings. The van der Waals surface area contributed by atoms with Gasteiger partial charge in [-0.1, -0.05) is 0 Å². The molecule has 0 aromatic rings. The van der Waals surface area contributed by atoms with Gasteiger partial charge in [-0.05, 0) is 0 Å². The zero-order valence-electron chi connectivity index (χ0n) is 4.38. The van der Waals surface area contributed by atoms with Crippen molar-refractivity contribution in [3.63, 3.8) is 0 Å². The second kappa shape index (κ2) is 6.07. The van der Waals surface area contributed by atoms with E-state index in [1.165, 1.54) is 0 Å². The molecule has 0 heterocycles. The standard InChI is InChI=1S/C4H6O4.Na.H/c1-8-4(7)2-3(5)6;;/h2H2,1H3,(H,5,6);;. The average molecular weight is 142 g/mol. The van der Waals surface area contributed by atoms with E-state index < -0.39 is 18.4 Å². The quantitative estimate of drug-likeness (QED) is 0.304. The zero-order chi connectivity index (χ0) is 6.57. The molecule has 0 aliphatic rings. The van der Waals surface area contributed by atoms with E-state index in [0.29, 0.717) is 0 Å². The number of rotatable bonds is 2. The normalized spacial score (nSPS) is 7.22. The molecule has 0 amide bonds. The van der Waals surface area contributed by atoms with E-state index in [0.717, 1.165) is 7.11 Å². The van der Waals surface area contributed by atoms with Crippen LogP contribution in [0.5, 0.6) is 0 Å². The molecule has 0 aromatic heterocycles. The summed E-state index contributed by atoms with van der Waals surface area (Å²) in [4.78, 5) is 19.7. The maximum absolute atomic E-state index is 10.0. The van der Waals surface area contributed by atoms with Crippen LogP contribution in [0.15, 0.2) is 0 Å². The van der Waals surface area contributed by atoms with Gasteiger partial charge in [-0.3, -0.25) is 9.59 Å². The van der Waals surface area contributed by atoms with Gasteiger partial charge in [0, 0.05) is 0 Å². The fourth-order valence-corrected chi connectivity index (χ4v) is 0.196. The van der Waals surface area contributed by atoms with Crippen molar-refractivity contribution in [3.05, 3.63) is 0 Å². The van der Waals surface area contributed by atoms with Crippen LogP contribution in [-0.2, 0) is 14.3 Å². The first kappa shape index (κ1) is 11.7. The van der Waals surface area contributed by atoms with E-state index >= 15 is 0 Å². The molecular formula is C4H7NaO4. The van der Waals surface area contributed by atoms with Crippen molar-refractivity contribution >= 4 is 41.5 Å². The molecule has 0 rings (SSSR count). The Morgan fingerprint density at radius 2 is 2.00 bits per heavy atom. The molecule has 5 heteroatoms. The Morgan fingerprint density at radius 1 is 1.56 bits per heavy atom. The summed E-state index contributed by atoms with van der Waals surface area (Å²) in [5.41, 5.74) is 0. The summed E-state index contributed by atoms with van der Waals surface area (Å²) in [7, 11) is 1.14. The number of hydrogen-bond donors (Lipinski definition) is 1. The summed E-state index contributed by atoms with van der Waals surface area (Å²) in [6.07, 6.45) is -0.559. The first-order valence-electron chi connectivity index (χ1n) is 1.95. The van der Waals surface area contributed by atoms with Crippen LogP contribution in [0.1, 0.15) is 6.42 Å². The van der Waals surface area contributed by atoms with Crippen LogP contribution in [0.3, 0.4) is 0 Å². The van der Waals surface area contributed by atoms with Gasteiger partial charge in [-0.15, -0.1) is 0 Å². The molecule has 48 valence electrons. The Bertz CT molecular complexity index is 111. The van der Waals surface area contributed by atoms with Gasteiger partial charge < -0.3 is 9.84 Å².